The smallest absolute Gasteiger partial charge is 0.242 e. The van der Waals surface area contributed by atoms with E-state index in [9.17, 15) is 8.42 Å². The Balaban J connectivity index is 2.29. The van der Waals surface area contributed by atoms with E-state index >= 15 is 0 Å². The molecule has 0 atom stereocenters. The summed E-state index contributed by atoms with van der Waals surface area (Å²) in [5.41, 5.74) is 0.619. The minimum absolute atomic E-state index is 0.00887. The summed E-state index contributed by atoms with van der Waals surface area (Å²) in [6, 6.07) is 6.22. The van der Waals surface area contributed by atoms with E-state index in [4.69, 9.17) is 11.6 Å². The summed E-state index contributed by atoms with van der Waals surface area (Å²) in [6.45, 7) is 0. The molecular formula is C11H7ClN4O2S. The van der Waals surface area contributed by atoms with Gasteiger partial charge in [-0.05, 0) is 12.1 Å². The quantitative estimate of drug-likeness (QED) is 0.719. The first kappa shape index (κ1) is 12.1. The lowest BCUT2D eigenvalue weighted by Crippen LogP contribution is -2.13. The van der Waals surface area contributed by atoms with Crippen LogP contribution in [0.4, 0.5) is 0 Å². The van der Waals surface area contributed by atoms with Crippen LogP contribution in [-0.2, 0) is 10.0 Å². The fourth-order valence-electron chi connectivity index (χ4n) is 1.68. The van der Waals surface area contributed by atoms with E-state index < -0.39 is 10.0 Å². The van der Waals surface area contributed by atoms with Crippen molar-refractivity contribution in [2.24, 2.45) is 0 Å². The molecule has 0 radical (unpaired) electrons. The van der Waals surface area contributed by atoms with Crippen molar-refractivity contribution in [1.82, 2.24) is 18.9 Å². The van der Waals surface area contributed by atoms with Gasteiger partial charge in [-0.2, -0.15) is 0 Å². The summed E-state index contributed by atoms with van der Waals surface area (Å²) in [7, 11) is -3.82. The maximum absolute atomic E-state index is 12.5. The molecule has 19 heavy (non-hydrogen) atoms. The zero-order valence-electron chi connectivity index (χ0n) is 9.43. The van der Waals surface area contributed by atoms with Crippen molar-refractivity contribution in [2.75, 3.05) is 0 Å². The fourth-order valence-corrected chi connectivity index (χ4v) is 3.43. The Morgan fingerprint density at radius 3 is 2.74 bits per heavy atom. The van der Waals surface area contributed by atoms with Crippen LogP contribution in [0.5, 0.6) is 0 Å². The summed E-state index contributed by atoms with van der Waals surface area (Å²) < 4.78 is 26.0. The first-order chi connectivity index (χ1) is 9.10. The molecule has 0 aliphatic heterocycles. The van der Waals surface area contributed by atoms with Crippen LogP contribution >= 0.6 is 11.6 Å². The van der Waals surface area contributed by atoms with Crippen molar-refractivity contribution in [3.63, 3.8) is 0 Å². The van der Waals surface area contributed by atoms with Crippen LogP contribution in [0.1, 0.15) is 0 Å². The van der Waals surface area contributed by atoms with E-state index in [-0.39, 0.29) is 15.6 Å². The van der Waals surface area contributed by atoms with Gasteiger partial charge in [-0.15, -0.1) is 0 Å². The predicted octanol–water partition coefficient (Wildman–Crippen LogP) is 1.72. The van der Waals surface area contributed by atoms with E-state index in [2.05, 4.69) is 15.0 Å². The molecule has 0 unspecified atom stereocenters. The van der Waals surface area contributed by atoms with Crippen LogP contribution in [0.15, 0.2) is 48.0 Å². The molecular weight excluding hydrogens is 288 g/mol. The van der Waals surface area contributed by atoms with Gasteiger partial charge in [-0.25, -0.2) is 27.3 Å². The monoisotopic (exact) mass is 294 g/mol. The van der Waals surface area contributed by atoms with Gasteiger partial charge >= 0.3 is 0 Å². The van der Waals surface area contributed by atoms with Gasteiger partial charge in [-0.1, -0.05) is 23.7 Å². The van der Waals surface area contributed by atoms with Gasteiger partial charge in [-0.3, -0.25) is 0 Å². The molecule has 2 aromatic heterocycles. The first-order valence-corrected chi connectivity index (χ1v) is 7.05. The largest absolute Gasteiger partial charge is 0.272 e. The number of aromatic nitrogens is 4. The lowest BCUT2D eigenvalue weighted by Gasteiger charge is -2.07. The van der Waals surface area contributed by atoms with E-state index in [1.54, 1.807) is 12.1 Å². The Morgan fingerprint density at radius 1 is 1.16 bits per heavy atom. The Morgan fingerprint density at radius 2 is 1.95 bits per heavy atom. The Hall–Kier alpha value is -1.99. The molecule has 96 valence electrons. The molecule has 0 bridgehead atoms. The molecule has 0 N–H and O–H groups in total. The number of imidazole rings is 1. The van der Waals surface area contributed by atoms with Crippen LogP contribution in [0, 0.1) is 0 Å². The summed E-state index contributed by atoms with van der Waals surface area (Å²) >= 11 is 5.93. The molecule has 0 aliphatic carbocycles. The Kier molecular flexibility index (Phi) is 2.72. The number of fused-ring (bicyclic) bond motifs is 1. The molecule has 3 rings (SSSR count). The highest BCUT2D eigenvalue weighted by Gasteiger charge is 2.22. The van der Waals surface area contributed by atoms with Crippen LogP contribution in [0.3, 0.4) is 0 Å². The first-order valence-electron chi connectivity index (χ1n) is 5.24. The van der Waals surface area contributed by atoms with Crippen LogP contribution in [0.2, 0.25) is 5.02 Å². The molecule has 2 heterocycles. The summed E-state index contributed by atoms with van der Waals surface area (Å²) in [5.74, 6) is 0. The molecule has 0 spiro atoms. The van der Waals surface area contributed by atoms with E-state index in [1.807, 2.05) is 0 Å². The molecule has 3 aromatic rings. The molecule has 0 amide bonds. The average molecular weight is 295 g/mol. The van der Waals surface area contributed by atoms with Gasteiger partial charge in [0, 0.05) is 0 Å². The number of rotatable bonds is 2. The summed E-state index contributed by atoms with van der Waals surface area (Å²) in [6.07, 6.45) is 3.90. The van der Waals surface area contributed by atoms with Crippen molar-refractivity contribution in [2.45, 2.75) is 4.90 Å². The zero-order valence-corrected chi connectivity index (χ0v) is 11.0. The van der Waals surface area contributed by atoms with Crippen molar-refractivity contribution in [1.29, 1.82) is 0 Å². The highest BCUT2D eigenvalue weighted by Crippen LogP contribution is 2.24. The number of hydrogen-bond donors (Lipinski definition) is 0. The number of halogens is 1. The predicted molar refractivity (Wildman–Crippen MR) is 69.4 cm³/mol. The Labute approximate surface area is 113 Å². The molecule has 0 aliphatic rings. The number of hydrogen-bond acceptors (Lipinski definition) is 5. The van der Waals surface area contributed by atoms with E-state index in [0.29, 0.717) is 5.52 Å². The number of nitrogens with zero attached hydrogens (tertiary/aromatic N) is 4. The van der Waals surface area contributed by atoms with E-state index in [1.165, 1.54) is 31.0 Å². The molecule has 8 heteroatoms. The van der Waals surface area contributed by atoms with Crippen molar-refractivity contribution in [3.8, 4) is 0 Å². The maximum atomic E-state index is 12.5. The van der Waals surface area contributed by atoms with Gasteiger partial charge in [0.25, 0.3) is 10.0 Å². The van der Waals surface area contributed by atoms with Crippen LogP contribution < -0.4 is 0 Å². The molecule has 0 saturated heterocycles. The SMILES string of the molecule is O=S(=O)(c1ccccc1Cl)n1cnc2cncnc21. The third kappa shape index (κ3) is 1.87. The maximum Gasteiger partial charge on any atom is 0.272 e. The zero-order chi connectivity index (χ0) is 13.5. The van der Waals surface area contributed by atoms with Gasteiger partial charge in [0.2, 0.25) is 0 Å². The average Bonchev–Trinajstić information content (AvgIpc) is 2.83. The van der Waals surface area contributed by atoms with Gasteiger partial charge in [0.05, 0.1) is 11.2 Å². The minimum atomic E-state index is -3.82. The topological polar surface area (TPSA) is 77.7 Å². The third-order valence-electron chi connectivity index (χ3n) is 2.56. The van der Waals surface area contributed by atoms with Gasteiger partial charge in [0.15, 0.2) is 5.65 Å². The Bertz CT molecular complexity index is 860. The molecule has 0 saturated carbocycles. The molecule has 0 fully saturated rings. The van der Waals surface area contributed by atoms with Crippen LogP contribution in [-0.4, -0.2) is 27.3 Å². The second-order valence-corrected chi connectivity index (χ2v) is 5.90. The normalized spacial score (nSPS) is 11.8. The lowest BCUT2D eigenvalue weighted by atomic mass is 10.4. The standard InChI is InChI=1S/C11H7ClN4O2S/c12-8-3-1-2-4-10(8)19(17,18)16-7-15-9-5-13-6-14-11(9)16/h1-7H. The second kappa shape index (κ2) is 4.29. The van der Waals surface area contributed by atoms with Crippen molar-refractivity contribution < 1.29 is 8.42 Å². The van der Waals surface area contributed by atoms with E-state index in [0.717, 1.165) is 3.97 Å². The van der Waals surface area contributed by atoms with Gasteiger partial charge in [0.1, 0.15) is 23.1 Å². The highest BCUT2D eigenvalue weighted by molar-refractivity contribution is 7.90. The number of benzene rings is 1. The van der Waals surface area contributed by atoms with Crippen LogP contribution in [0.25, 0.3) is 11.2 Å². The molecule has 6 nitrogen and oxygen atoms in total. The summed E-state index contributed by atoms with van der Waals surface area (Å²) in [4.78, 5) is 11.7. The molecule has 1 aromatic carbocycles. The minimum Gasteiger partial charge on any atom is -0.242 e. The summed E-state index contributed by atoms with van der Waals surface area (Å²) in [5, 5.41) is 0.151. The van der Waals surface area contributed by atoms with Gasteiger partial charge < -0.3 is 0 Å². The lowest BCUT2D eigenvalue weighted by molar-refractivity contribution is 0.588. The second-order valence-electron chi connectivity index (χ2n) is 3.71. The van der Waals surface area contributed by atoms with Crippen molar-refractivity contribution >= 4 is 32.8 Å². The third-order valence-corrected chi connectivity index (χ3v) is 4.70. The van der Waals surface area contributed by atoms with Crippen molar-refractivity contribution in [3.05, 3.63) is 48.1 Å². The highest BCUT2D eigenvalue weighted by atomic mass is 35.5. The fraction of sp³-hybridized carbons (Fsp3) is 0.